The first-order chi connectivity index (χ1) is 8.66. The molecule has 1 aliphatic rings. The maximum Gasteiger partial charge on any atom is 0.247 e. The van der Waals surface area contributed by atoms with E-state index in [1.807, 2.05) is 0 Å². The molecule has 0 spiro atoms. The second kappa shape index (κ2) is 4.23. The van der Waals surface area contributed by atoms with Crippen LogP contribution >= 0.6 is 0 Å². The van der Waals surface area contributed by atoms with Gasteiger partial charge in [0.2, 0.25) is 5.91 Å². The summed E-state index contributed by atoms with van der Waals surface area (Å²) in [5.74, 6) is -0.403. The molecule has 6 heteroatoms. The average molecular weight is 282 g/mol. The number of nitrogens with two attached hydrogens (primary N) is 1. The van der Waals surface area contributed by atoms with Crippen molar-refractivity contribution in [3.05, 3.63) is 23.8 Å². The lowest BCUT2D eigenvalue weighted by molar-refractivity contribution is -0.120. The minimum absolute atomic E-state index is 0.403. The van der Waals surface area contributed by atoms with Crippen molar-refractivity contribution in [2.45, 2.75) is 25.0 Å². The Bertz CT molecular complexity index is 635. The molecule has 1 aliphatic heterocycles. The molecule has 1 amide bonds. The Morgan fingerprint density at radius 3 is 2.58 bits per heavy atom. The highest BCUT2D eigenvalue weighted by molar-refractivity contribution is 7.92. The van der Waals surface area contributed by atoms with Gasteiger partial charge in [0.15, 0.2) is 9.84 Å². The number of nitrogen functional groups attached to an aromatic ring is 1. The number of benzene rings is 1. The molecule has 0 atom stereocenters. The molecule has 0 bridgehead atoms. The van der Waals surface area contributed by atoms with Crippen LogP contribution in [0.4, 0.5) is 11.4 Å². The van der Waals surface area contributed by atoms with Crippen molar-refractivity contribution in [1.82, 2.24) is 0 Å². The Hall–Kier alpha value is -1.56. The van der Waals surface area contributed by atoms with Crippen molar-refractivity contribution in [3.63, 3.8) is 0 Å². The summed E-state index contributed by atoms with van der Waals surface area (Å²) in [6.45, 7) is 3.35. The Morgan fingerprint density at radius 1 is 1.37 bits per heavy atom. The quantitative estimate of drug-likeness (QED) is 0.820. The van der Waals surface area contributed by atoms with Gasteiger partial charge in [0.1, 0.15) is 4.75 Å². The van der Waals surface area contributed by atoms with Crippen LogP contribution in [0, 0.1) is 0 Å². The zero-order chi connectivity index (χ0) is 14.4. The van der Waals surface area contributed by atoms with Gasteiger partial charge in [0, 0.05) is 29.7 Å². The second-order valence-electron chi connectivity index (χ2n) is 5.33. The minimum Gasteiger partial charge on any atom is -0.398 e. The first-order valence-corrected chi connectivity index (χ1v) is 7.94. The van der Waals surface area contributed by atoms with Crippen molar-refractivity contribution in [2.24, 2.45) is 0 Å². The van der Waals surface area contributed by atoms with Gasteiger partial charge in [-0.25, -0.2) is 8.42 Å². The first kappa shape index (κ1) is 13.9. The second-order valence-corrected chi connectivity index (χ2v) is 7.90. The molecule has 1 aromatic carbocycles. The van der Waals surface area contributed by atoms with Crippen molar-refractivity contribution in [2.75, 3.05) is 23.4 Å². The molecule has 1 aromatic rings. The van der Waals surface area contributed by atoms with E-state index in [1.165, 1.54) is 18.7 Å². The van der Waals surface area contributed by atoms with Crippen molar-refractivity contribution < 1.29 is 13.2 Å². The Morgan fingerprint density at radius 2 is 2.00 bits per heavy atom. The highest BCUT2D eigenvalue weighted by atomic mass is 32.2. The van der Waals surface area contributed by atoms with E-state index in [2.05, 4.69) is 0 Å². The fraction of sp³-hybridized carbons (Fsp3) is 0.462. The Balaban J connectivity index is 2.43. The van der Waals surface area contributed by atoms with Gasteiger partial charge in [-0.05, 0) is 32.4 Å². The Kier molecular flexibility index (Phi) is 3.09. The van der Waals surface area contributed by atoms with Crippen molar-refractivity contribution in [3.8, 4) is 0 Å². The summed E-state index contributed by atoms with van der Waals surface area (Å²) in [4.78, 5) is 14.0. The number of hydrogen-bond donors (Lipinski definition) is 1. The number of anilines is 2. The number of fused-ring (bicyclic) bond motifs is 1. The molecule has 5 nitrogen and oxygen atoms in total. The maximum absolute atomic E-state index is 12.5. The summed E-state index contributed by atoms with van der Waals surface area (Å²) in [5, 5.41) is 0. The van der Waals surface area contributed by atoms with Crippen molar-refractivity contribution in [1.29, 1.82) is 0 Å². The minimum atomic E-state index is -3.47. The summed E-state index contributed by atoms with van der Waals surface area (Å²) in [5.41, 5.74) is 8.16. The highest BCUT2D eigenvalue weighted by Crippen LogP contribution is 2.34. The van der Waals surface area contributed by atoms with Gasteiger partial charge in [0.25, 0.3) is 0 Å². The summed E-state index contributed by atoms with van der Waals surface area (Å²) in [6, 6.07) is 5.36. The lowest BCUT2D eigenvalue weighted by Crippen LogP contribution is -2.49. The van der Waals surface area contributed by atoms with Crippen molar-refractivity contribution >= 4 is 27.1 Å². The smallest absolute Gasteiger partial charge is 0.247 e. The van der Waals surface area contributed by atoms with Gasteiger partial charge in [-0.2, -0.15) is 0 Å². The number of carbonyl (C=O) groups is 1. The third-order valence-corrected chi connectivity index (χ3v) is 5.78. The van der Waals surface area contributed by atoms with E-state index >= 15 is 0 Å². The van der Waals surface area contributed by atoms with E-state index in [1.54, 1.807) is 18.2 Å². The molecule has 2 N–H and O–H groups in total. The average Bonchev–Trinajstić information content (AvgIpc) is 2.71. The summed E-state index contributed by atoms with van der Waals surface area (Å²) in [6.07, 6.45) is 1.74. The zero-order valence-electron chi connectivity index (χ0n) is 11.3. The molecule has 2 rings (SSSR count). The molecular formula is C13H18N2O3S. The monoisotopic (exact) mass is 282 g/mol. The fourth-order valence-corrected chi connectivity index (χ4v) is 2.58. The molecule has 104 valence electrons. The lowest BCUT2D eigenvalue weighted by Gasteiger charge is -2.28. The summed E-state index contributed by atoms with van der Waals surface area (Å²) in [7, 11) is -3.47. The Labute approximate surface area is 113 Å². The van der Waals surface area contributed by atoms with Crippen LogP contribution < -0.4 is 10.6 Å². The SMILES string of the molecule is CC(C)(C(=O)N1CCc2c(N)cccc21)S(C)(=O)=O. The number of sulfone groups is 1. The van der Waals surface area contributed by atoms with Crippen LogP contribution in [0.2, 0.25) is 0 Å². The molecule has 0 unspecified atom stereocenters. The molecule has 0 saturated heterocycles. The van der Waals surface area contributed by atoms with Gasteiger partial charge in [-0.15, -0.1) is 0 Å². The molecule has 0 aromatic heterocycles. The molecule has 0 aliphatic carbocycles. The normalized spacial score (nSPS) is 15.4. The molecule has 0 saturated carbocycles. The number of carbonyl (C=O) groups excluding carboxylic acids is 1. The van der Waals surface area contributed by atoms with Gasteiger partial charge in [-0.1, -0.05) is 6.07 Å². The molecule has 0 fully saturated rings. The molecule has 19 heavy (non-hydrogen) atoms. The highest BCUT2D eigenvalue weighted by Gasteiger charge is 2.43. The maximum atomic E-state index is 12.5. The predicted molar refractivity (Wildman–Crippen MR) is 75.8 cm³/mol. The molecular weight excluding hydrogens is 264 g/mol. The van der Waals surface area contributed by atoms with Crippen LogP contribution in [0.5, 0.6) is 0 Å². The van der Waals surface area contributed by atoms with Gasteiger partial charge in [-0.3, -0.25) is 4.79 Å². The lowest BCUT2D eigenvalue weighted by atomic mass is 10.1. The van der Waals surface area contributed by atoms with Gasteiger partial charge >= 0.3 is 0 Å². The number of rotatable bonds is 2. The third kappa shape index (κ3) is 2.10. The van der Waals surface area contributed by atoms with Crippen LogP contribution in [0.15, 0.2) is 18.2 Å². The standard InChI is InChI=1S/C13H18N2O3S/c1-13(2,19(3,17)18)12(16)15-8-7-9-10(14)5-4-6-11(9)15/h4-6H,7-8,14H2,1-3H3. The zero-order valence-corrected chi connectivity index (χ0v) is 12.1. The van der Waals surface area contributed by atoms with Gasteiger partial charge in [0.05, 0.1) is 0 Å². The van der Waals surface area contributed by atoms with E-state index < -0.39 is 20.5 Å². The van der Waals surface area contributed by atoms with E-state index in [0.29, 0.717) is 18.7 Å². The molecule has 0 radical (unpaired) electrons. The van der Waals surface area contributed by atoms with Crippen LogP contribution in [0.1, 0.15) is 19.4 Å². The fourth-order valence-electron chi connectivity index (χ4n) is 2.16. The number of hydrogen-bond acceptors (Lipinski definition) is 4. The largest absolute Gasteiger partial charge is 0.398 e. The third-order valence-electron chi connectivity index (χ3n) is 3.75. The molecule has 1 heterocycles. The van der Waals surface area contributed by atoms with E-state index in [9.17, 15) is 13.2 Å². The predicted octanol–water partition coefficient (Wildman–Crippen LogP) is 0.981. The topological polar surface area (TPSA) is 80.5 Å². The van der Waals surface area contributed by atoms with Crippen LogP contribution in [-0.2, 0) is 21.1 Å². The van der Waals surface area contributed by atoms with Crippen LogP contribution in [0.3, 0.4) is 0 Å². The van der Waals surface area contributed by atoms with E-state index in [-0.39, 0.29) is 0 Å². The first-order valence-electron chi connectivity index (χ1n) is 6.05. The number of nitrogens with zero attached hydrogens (tertiary/aromatic N) is 1. The number of amides is 1. The van der Waals surface area contributed by atoms with Crippen LogP contribution in [0.25, 0.3) is 0 Å². The van der Waals surface area contributed by atoms with E-state index in [0.717, 1.165) is 17.5 Å². The van der Waals surface area contributed by atoms with E-state index in [4.69, 9.17) is 5.73 Å². The van der Waals surface area contributed by atoms with Crippen LogP contribution in [-0.4, -0.2) is 31.9 Å². The van der Waals surface area contributed by atoms with Gasteiger partial charge < -0.3 is 10.6 Å². The summed E-state index contributed by atoms with van der Waals surface area (Å²) >= 11 is 0. The summed E-state index contributed by atoms with van der Waals surface area (Å²) < 4.78 is 22.1.